The fourth-order valence-corrected chi connectivity index (χ4v) is 1.41. The Hall–Kier alpha value is -0.930. The molecule has 0 amide bonds. The summed E-state index contributed by atoms with van der Waals surface area (Å²) in [7, 11) is 0. The van der Waals surface area contributed by atoms with Gasteiger partial charge in [-0.1, -0.05) is 13.0 Å². The minimum absolute atomic E-state index is 0.910. The minimum Gasteiger partial charge on any atom is -0.315 e. The van der Waals surface area contributed by atoms with Crippen molar-refractivity contribution in [1.82, 2.24) is 15.6 Å². The zero-order chi connectivity index (χ0) is 10.9. The van der Waals surface area contributed by atoms with Crippen LogP contribution in [0.1, 0.15) is 24.6 Å². The highest BCUT2D eigenvalue weighted by molar-refractivity contribution is 5.17. The van der Waals surface area contributed by atoms with Crippen LogP contribution in [0.4, 0.5) is 0 Å². The number of aromatic nitrogens is 1. The van der Waals surface area contributed by atoms with Crippen molar-refractivity contribution in [2.75, 3.05) is 19.6 Å². The van der Waals surface area contributed by atoms with Gasteiger partial charge in [0.25, 0.3) is 0 Å². The maximum Gasteiger partial charge on any atom is 0.0417 e. The minimum atomic E-state index is 0.910. The smallest absolute Gasteiger partial charge is 0.0417 e. The molecule has 0 saturated carbocycles. The lowest BCUT2D eigenvalue weighted by molar-refractivity contribution is 0.605. The Bertz CT molecular complexity index is 273. The van der Waals surface area contributed by atoms with Crippen LogP contribution < -0.4 is 10.6 Å². The number of rotatable bonds is 7. The van der Waals surface area contributed by atoms with Gasteiger partial charge >= 0.3 is 0 Å². The van der Waals surface area contributed by atoms with E-state index in [1.165, 1.54) is 12.0 Å². The first kappa shape index (κ1) is 12.1. The molecule has 0 saturated heterocycles. The van der Waals surface area contributed by atoms with Gasteiger partial charge in [0.2, 0.25) is 0 Å². The summed E-state index contributed by atoms with van der Waals surface area (Å²) < 4.78 is 0. The standard InChI is InChI=1S/C12H21N3/c1-3-6-13-8-9-14-10-12-5-4-7-15-11(12)2/h4-5,7,13-14H,3,6,8-10H2,1-2H3. The Morgan fingerprint density at radius 3 is 2.73 bits per heavy atom. The number of nitrogens with one attached hydrogen (secondary N) is 2. The number of nitrogens with zero attached hydrogens (tertiary/aromatic N) is 1. The summed E-state index contributed by atoms with van der Waals surface area (Å²) in [6, 6.07) is 4.11. The molecular weight excluding hydrogens is 186 g/mol. The highest BCUT2D eigenvalue weighted by Crippen LogP contribution is 2.01. The van der Waals surface area contributed by atoms with Crippen molar-refractivity contribution < 1.29 is 0 Å². The zero-order valence-corrected chi connectivity index (χ0v) is 9.71. The average Bonchev–Trinajstić information content (AvgIpc) is 2.25. The predicted molar refractivity (Wildman–Crippen MR) is 63.8 cm³/mol. The molecule has 0 aliphatic heterocycles. The van der Waals surface area contributed by atoms with E-state index in [-0.39, 0.29) is 0 Å². The van der Waals surface area contributed by atoms with Crippen molar-refractivity contribution in [2.24, 2.45) is 0 Å². The maximum absolute atomic E-state index is 4.25. The molecule has 0 aliphatic carbocycles. The van der Waals surface area contributed by atoms with Gasteiger partial charge in [0.15, 0.2) is 0 Å². The summed E-state index contributed by atoms with van der Waals surface area (Å²) in [6.07, 6.45) is 3.03. The van der Waals surface area contributed by atoms with Crippen LogP contribution in [0.2, 0.25) is 0 Å². The molecule has 1 heterocycles. The van der Waals surface area contributed by atoms with Crippen molar-refractivity contribution in [2.45, 2.75) is 26.8 Å². The van der Waals surface area contributed by atoms with Gasteiger partial charge < -0.3 is 10.6 Å². The van der Waals surface area contributed by atoms with Crippen molar-refractivity contribution in [3.05, 3.63) is 29.6 Å². The molecule has 0 fully saturated rings. The normalized spacial score (nSPS) is 10.5. The van der Waals surface area contributed by atoms with Gasteiger partial charge in [-0.15, -0.1) is 0 Å². The Kier molecular flexibility index (Phi) is 5.97. The van der Waals surface area contributed by atoms with E-state index >= 15 is 0 Å². The fraction of sp³-hybridized carbons (Fsp3) is 0.583. The first-order valence-electron chi connectivity index (χ1n) is 5.66. The maximum atomic E-state index is 4.25. The third-order valence-electron chi connectivity index (χ3n) is 2.34. The van der Waals surface area contributed by atoms with Crippen LogP contribution in [0.5, 0.6) is 0 Å². The van der Waals surface area contributed by atoms with Crippen molar-refractivity contribution in [1.29, 1.82) is 0 Å². The number of aryl methyl sites for hydroxylation is 1. The van der Waals surface area contributed by atoms with Crippen LogP contribution in [0.25, 0.3) is 0 Å². The fourth-order valence-electron chi connectivity index (χ4n) is 1.41. The summed E-state index contributed by atoms with van der Waals surface area (Å²) in [5.41, 5.74) is 2.40. The van der Waals surface area contributed by atoms with Gasteiger partial charge in [-0.3, -0.25) is 4.98 Å². The summed E-state index contributed by atoms with van der Waals surface area (Å²) in [5, 5.41) is 6.76. The molecule has 0 bridgehead atoms. The van der Waals surface area contributed by atoms with Gasteiger partial charge in [-0.2, -0.15) is 0 Å². The number of hydrogen-bond acceptors (Lipinski definition) is 3. The average molecular weight is 207 g/mol. The van der Waals surface area contributed by atoms with Gasteiger partial charge in [0, 0.05) is 31.5 Å². The van der Waals surface area contributed by atoms with Gasteiger partial charge in [0.1, 0.15) is 0 Å². The monoisotopic (exact) mass is 207 g/mol. The van der Waals surface area contributed by atoms with E-state index in [1.807, 2.05) is 19.2 Å². The van der Waals surface area contributed by atoms with Crippen molar-refractivity contribution in [3.8, 4) is 0 Å². The van der Waals surface area contributed by atoms with E-state index in [2.05, 4.69) is 28.6 Å². The molecule has 1 aromatic rings. The highest BCUT2D eigenvalue weighted by Gasteiger charge is 1.96. The lowest BCUT2D eigenvalue weighted by atomic mass is 10.2. The predicted octanol–water partition coefficient (Wildman–Crippen LogP) is 1.48. The van der Waals surface area contributed by atoms with Crippen LogP contribution in [0, 0.1) is 6.92 Å². The van der Waals surface area contributed by atoms with E-state index in [1.54, 1.807) is 0 Å². The Morgan fingerprint density at radius 1 is 1.20 bits per heavy atom. The van der Waals surface area contributed by atoms with Crippen LogP contribution in [0.15, 0.2) is 18.3 Å². The quantitative estimate of drug-likeness (QED) is 0.665. The van der Waals surface area contributed by atoms with Crippen molar-refractivity contribution in [3.63, 3.8) is 0 Å². The van der Waals surface area contributed by atoms with Crippen LogP contribution >= 0.6 is 0 Å². The highest BCUT2D eigenvalue weighted by atomic mass is 14.9. The van der Waals surface area contributed by atoms with Gasteiger partial charge in [0.05, 0.1) is 0 Å². The molecule has 15 heavy (non-hydrogen) atoms. The Labute approximate surface area is 92.3 Å². The molecule has 0 aliphatic rings. The molecule has 3 nitrogen and oxygen atoms in total. The first-order chi connectivity index (χ1) is 7.34. The van der Waals surface area contributed by atoms with E-state index in [9.17, 15) is 0 Å². The summed E-state index contributed by atoms with van der Waals surface area (Å²) >= 11 is 0. The third kappa shape index (κ3) is 4.91. The summed E-state index contributed by atoms with van der Waals surface area (Å²) in [4.78, 5) is 4.25. The SMILES string of the molecule is CCCNCCNCc1cccnc1C. The van der Waals surface area contributed by atoms with Crippen molar-refractivity contribution >= 4 is 0 Å². The Morgan fingerprint density at radius 2 is 2.00 bits per heavy atom. The largest absolute Gasteiger partial charge is 0.315 e. The summed E-state index contributed by atoms with van der Waals surface area (Å²) in [6.45, 7) is 8.29. The molecule has 3 heteroatoms. The van der Waals surface area contributed by atoms with Crippen LogP contribution in [0.3, 0.4) is 0 Å². The second kappa shape index (κ2) is 7.37. The molecular formula is C12H21N3. The molecule has 1 rings (SSSR count). The second-order valence-corrected chi connectivity index (χ2v) is 3.67. The number of hydrogen-bond donors (Lipinski definition) is 2. The van der Waals surface area contributed by atoms with Crippen LogP contribution in [-0.4, -0.2) is 24.6 Å². The molecule has 0 aromatic carbocycles. The first-order valence-corrected chi connectivity index (χ1v) is 5.66. The second-order valence-electron chi connectivity index (χ2n) is 3.67. The summed E-state index contributed by atoms with van der Waals surface area (Å²) in [5.74, 6) is 0. The van der Waals surface area contributed by atoms with Gasteiger partial charge in [-0.25, -0.2) is 0 Å². The number of pyridine rings is 1. The Balaban J connectivity index is 2.12. The van der Waals surface area contributed by atoms with E-state index < -0.39 is 0 Å². The molecule has 0 atom stereocenters. The molecule has 0 spiro atoms. The lowest BCUT2D eigenvalue weighted by Crippen LogP contribution is -2.27. The van der Waals surface area contributed by atoms with E-state index in [0.717, 1.165) is 31.9 Å². The van der Waals surface area contributed by atoms with Crippen LogP contribution in [-0.2, 0) is 6.54 Å². The van der Waals surface area contributed by atoms with E-state index in [4.69, 9.17) is 0 Å². The topological polar surface area (TPSA) is 37.0 Å². The molecule has 0 radical (unpaired) electrons. The zero-order valence-electron chi connectivity index (χ0n) is 9.71. The molecule has 0 unspecified atom stereocenters. The third-order valence-corrected chi connectivity index (χ3v) is 2.34. The molecule has 1 aromatic heterocycles. The van der Waals surface area contributed by atoms with Gasteiger partial charge in [-0.05, 0) is 31.5 Å². The molecule has 84 valence electrons. The lowest BCUT2D eigenvalue weighted by Gasteiger charge is -2.07. The van der Waals surface area contributed by atoms with E-state index in [0.29, 0.717) is 0 Å². The molecule has 2 N–H and O–H groups in total.